The molecule has 3 aromatic rings. The Morgan fingerprint density at radius 2 is 1.81 bits per heavy atom. The number of hydrogen-bond acceptors (Lipinski definition) is 3. The Kier molecular flexibility index (Phi) is 3.14. The largest absolute Gasteiger partial charge is 0.291 e. The molecule has 2 aromatic carbocycles. The predicted octanol–water partition coefficient (Wildman–Crippen LogP) is 3.24. The standard InChI is InChI=1S/C17H14N2O2/c1-11-6-5-7-13(10-11)17(21)19-15-9-4-3-8-14(15)18-16(19)12(2)20/h3-10H,1-2H3. The third-order valence-electron chi connectivity index (χ3n) is 3.34. The molecule has 0 N–H and O–H groups in total. The van der Waals surface area contributed by atoms with Gasteiger partial charge in [0.2, 0.25) is 0 Å². The highest BCUT2D eigenvalue weighted by Gasteiger charge is 2.20. The number of fused-ring (bicyclic) bond motifs is 1. The Bertz CT molecular complexity index is 862. The lowest BCUT2D eigenvalue weighted by molar-refractivity contribution is 0.0928. The first-order valence-electron chi connectivity index (χ1n) is 6.67. The quantitative estimate of drug-likeness (QED) is 0.676. The number of ketones is 1. The highest BCUT2D eigenvalue weighted by Crippen LogP contribution is 2.19. The van der Waals surface area contributed by atoms with Crippen molar-refractivity contribution in [1.29, 1.82) is 0 Å². The lowest BCUT2D eigenvalue weighted by Crippen LogP contribution is -2.17. The summed E-state index contributed by atoms with van der Waals surface area (Å²) in [6.07, 6.45) is 0. The van der Waals surface area contributed by atoms with Gasteiger partial charge in [-0.15, -0.1) is 0 Å². The van der Waals surface area contributed by atoms with Crippen LogP contribution in [0.2, 0.25) is 0 Å². The maximum atomic E-state index is 12.8. The molecule has 1 heterocycles. The summed E-state index contributed by atoms with van der Waals surface area (Å²) in [4.78, 5) is 28.8. The zero-order valence-electron chi connectivity index (χ0n) is 11.8. The van der Waals surface area contributed by atoms with Gasteiger partial charge in [0.05, 0.1) is 11.0 Å². The van der Waals surface area contributed by atoms with E-state index in [0.717, 1.165) is 5.56 Å². The minimum atomic E-state index is -0.238. The number of para-hydroxylation sites is 2. The highest BCUT2D eigenvalue weighted by molar-refractivity contribution is 6.07. The van der Waals surface area contributed by atoms with Crippen molar-refractivity contribution in [3.8, 4) is 0 Å². The number of carbonyl (C=O) groups excluding carboxylic acids is 2. The van der Waals surface area contributed by atoms with Crippen LogP contribution in [0.15, 0.2) is 48.5 Å². The lowest BCUT2D eigenvalue weighted by atomic mass is 10.1. The van der Waals surface area contributed by atoms with Gasteiger partial charge >= 0.3 is 0 Å². The van der Waals surface area contributed by atoms with Crippen molar-refractivity contribution in [3.05, 3.63) is 65.5 Å². The normalized spacial score (nSPS) is 10.8. The van der Waals surface area contributed by atoms with Crippen LogP contribution in [0, 0.1) is 6.92 Å². The van der Waals surface area contributed by atoms with Gasteiger partial charge in [-0.25, -0.2) is 4.98 Å². The van der Waals surface area contributed by atoms with Crippen molar-refractivity contribution >= 4 is 22.7 Å². The molecule has 104 valence electrons. The third kappa shape index (κ3) is 2.25. The fraction of sp³-hybridized carbons (Fsp3) is 0.118. The van der Waals surface area contributed by atoms with Crippen LogP contribution in [0.3, 0.4) is 0 Å². The van der Waals surface area contributed by atoms with Crippen molar-refractivity contribution in [2.75, 3.05) is 0 Å². The van der Waals surface area contributed by atoms with E-state index in [9.17, 15) is 9.59 Å². The molecule has 0 saturated carbocycles. The first-order valence-corrected chi connectivity index (χ1v) is 6.67. The summed E-state index contributed by atoms with van der Waals surface area (Å²) >= 11 is 0. The number of imidazole rings is 1. The Labute approximate surface area is 122 Å². The molecule has 0 spiro atoms. The van der Waals surface area contributed by atoms with Crippen molar-refractivity contribution in [2.45, 2.75) is 13.8 Å². The van der Waals surface area contributed by atoms with Crippen LogP contribution in [0.25, 0.3) is 11.0 Å². The smallest absolute Gasteiger partial charge is 0.264 e. The molecule has 4 heteroatoms. The van der Waals surface area contributed by atoms with E-state index in [4.69, 9.17) is 0 Å². The molecule has 0 unspecified atom stereocenters. The van der Waals surface area contributed by atoms with E-state index in [2.05, 4.69) is 4.98 Å². The Balaban J connectivity index is 2.25. The van der Waals surface area contributed by atoms with E-state index in [1.54, 1.807) is 24.3 Å². The topological polar surface area (TPSA) is 52.0 Å². The summed E-state index contributed by atoms with van der Waals surface area (Å²) in [5, 5.41) is 0. The van der Waals surface area contributed by atoms with Gasteiger partial charge in [0.25, 0.3) is 5.91 Å². The van der Waals surface area contributed by atoms with Gasteiger partial charge in [-0.05, 0) is 31.2 Å². The zero-order valence-corrected chi connectivity index (χ0v) is 11.8. The van der Waals surface area contributed by atoms with Crippen LogP contribution in [-0.2, 0) is 0 Å². The maximum absolute atomic E-state index is 12.8. The predicted molar refractivity (Wildman–Crippen MR) is 80.6 cm³/mol. The third-order valence-corrected chi connectivity index (χ3v) is 3.34. The van der Waals surface area contributed by atoms with Crippen LogP contribution >= 0.6 is 0 Å². The molecule has 0 radical (unpaired) electrons. The fourth-order valence-electron chi connectivity index (χ4n) is 2.37. The zero-order chi connectivity index (χ0) is 15.0. The molecule has 0 atom stereocenters. The molecule has 0 saturated heterocycles. The summed E-state index contributed by atoms with van der Waals surface area (Å²) in [6, 6.07) is 14.6. The first kappa shape index (κ1) is 13.2. The van der Waals surface area contributed by atoms with E-state index in [1.807, 2.05) is 31.2 Å². The van der Waals surface area contributed by atoms with Crippen LogP contribution in [0.1, 0.15) is 33.5 Å². The summed E-state index contributed by atoms with van der Waals surface area (Å²) in [5.74, 6) is -0.299. The number of nitrogens with zero attached hydrogens (tertiary/aromatic N) is 2. The fourth-order valence-corrected chi connectivity index (χ4v) is 2.37. The maximum Gasteiger partial charge on any atom is 0.264 e. The summed E-state index contributed by atoms with van der Waals surface area (Å²) < 4.78 is 1.40. The SMILES string of the molecule is CC(=O)c1nc2ccccc2n1C(=O)c1cccc(C)c1. The van der Waals surface area contributed by atoms with Gasteiger partial charge in [-0.1, -0.05) is 29.8 Å². The molecule has 1 aromatic heterocycles. The molecule has 0 aliphatic heterocycles. The molecule has 0 amide bonds. The monoisotopic (exact) mass is 278 g/mol. The average molecular weight is 278 g/mol. The van der Waals surface area contributed by atoms with E-state index in [0.29, 0.717) is 16.6 Å². The number of rotatable bonds is 2. The Hall–Kier alpha value is -2.75. The minimum Gasteiger partial charge on any atom is -0.291 e. The van der Waals surface area contributed by atoms with Gasteiger partial charge in [0.1, 0.15) is 0 Å². The second-order valence-electron chi connectivity index (χ2n) is 4.99. The van der Waals surface area contributed by atoms with Crippen LogP contribution in [0.5, 0.6) is 0 Å². The van der Waals surface area contributed by atoms with Gasteiger partial charge < -0.3 is 0 Å². The van der Waals surface area contributed by atoms with Crippen molar-refractivity contribution in [3.63, 3.8) is 0 Å². The van der Waals surface area contributed by atoms with E-state index in [-0.39, 0.29) is 17.5 Å². The van der Waals surface area contributed by atoms with Crippen LogP contribution in [0.4, 0.5) is 0 Å². The van der Waals surface area contributed by atoms with Crippen LogP contribution < -0.4 is 0 Å². The Morgan fingerprint density at radius 3 is 2.52 bits per heavy atom. The number of Topliss-reactive ketones (excluding diaryl/α,β-unsaturated/α-hetero) is 1. The van der Waals surface area contributed by atoms with E-state index in [1.165, 1.54) is 11.5 Å². The van der Waals surface area contributed by atoms with Crippen LogP contribution in [-0.4, -0.2) is 21.2 Å². The molecule has 21 heavy (non-hydrogen) atoms. The van der Waals surface area contributed by atoms with Gasteiger partial charge in [-0.2, -0.15) is 0 Å². The molecular formula is C17H14N2O2. The Morgan fingerprint density at radius 1 is 1.05 bits per heavy atom. The summed E-state index contributed by atoms with van der Waals surface area (Å²) in [6.45, 7) is 3.34. The second kappa shape index (κ2) is 4.98. The molecule has 3 rings (SSSR count). The van der Waals surface area contributed by atoms with Crippen molar-refractivity contribution in [1.82, 2.24) is 9.55 Å². The highest BCUT2D eigenvalue weighted by atomic mass is 16.2. The number of aromatic nitrogens is 2. The second-order valence-corrected chi connectivity index (χ2v) is 4.99. The summed E-state index contributed by atoms with van der Waals surface area (Å²) in [5.41, 5.74) is 2.83. The number of hydrogen-bond donors (Lipinski definition) is 0. The molecule has 0 aliphatic carbocycles. The van der Waals surface area contributed by atoms with E-state index >= 15 is 0 Å². The average Bonchev–Trinajstić information content (AvgIpc) is 2.86. The van der Waals surface area contributed by atoms with Crippen molar-refractivity contribution < 1.29 is 9.59 Å². The number of benzene rings is 2. The molecular weight excluding hydrogens is 264 g/mol. The van der Waals surface area contributed by atoms with E-state index < -0.39 is 0 Å². The number of aryl methyl sites for hydroxylation is 1. The first-order chi connectivity index (χ1) is 10.1. The van der Waals surface area contributed by atoms with Gasteiger partial charge in [0.15, 0.2) is 11.6 Å². The van der Waals surface area contributed by atoms with Gasteiger partial charge in [-0.3, -0.25) is 14.2 Å². The minimum absolute atomic E-state index is 0.169. The lowest BCUT2D eigenvalue weighted by Gasteiger charge is -2.06. The van der Waals surface area contributed by atoms with Gasteiger partial charge in [0, 0.05) is 12.5 Å². The van der Waals surface area contributed by atoms with Crippen molar-refractivity contribution in [2.24, 2.45) is 0 Å². The number of carbonyl (C=O) groups is 2. The molecule has 0 bridgehead atoms. The molecule has 0 aliphatic rings. The summed E-state index contributed by atoms with van der Waals surface area (Å²) in [7, 11) is 0. The molecule has 4 nitrogen and oxygen atoms in total. The molecule has 0 fully saturated rings.